The predicted octanol–water partition coefficient (Wildman–Crippen LogP) is 3.18. The van der Waals surface area contributed by atoms with Gasteiger partial charge in [-0.15, -0.1) is 0 Å². The molecule has 0 bridgehead atoms. The molecule has 3 nitrogen and oxygen atoms in total. The van der Waals surface area contributed by atoms with Crippen molar-refractivity contribution in [3.63, 3.8) is 0 Å². The van der Waals surface area contributed by atoms with Gasteiger partial charge in [-0.2, -0.15) is 0 Å². The van der Waals surface area contributed by atoms with Gasteiger partial charge in [0, 0.05) is 12.1 Å². The molecule has 1 aromatic heterocycles. The van der Waals surface area contributed by atoms with Crippen molar-refractivity contribution in [2.75, 3.05) is 12.4 Å². The minimum atomic E-state index is -0.391. The second-order valence-corrected chi connectivity index (χ2v) is 3.34. The predicted molar refractivity (Wildman–Crippen MR) is 56.5 cm³/mol. The van der Waals surface area contributed by atoms with Crippen molar-refractivity contribution in [2.45, 2.75) is 0 Å². The highest BCUT2D eigenvalue weighted by Crippen LogP contribution is 2.27. The van der Waals surface area contributed by atoms with Gasteiger partial charge in [0.05, 0.1) is 11.8 Å². The molecule has 0 amide bonds. The molecule has 0 unspecified atom stereocenters. The summed E-state index contributed by atoms with van der Waals surface area (Å²) in [5, 5.41) is 3.17. The molecule has 0 fully saturated rings. The molecular weight excluding hydrogens is 219 g/mol. The first-order valence-electron chi connectivity index (χ1n) is 4.29. The molecule has 0 aliphatic heterocycles. The van der Waals surface area contributed by atoms with E-state index in [1.165, 1.54) is 24.4 Å². The number of nitrogens with one attached hydrogen (secondary N) is 1. The highest BCUT2D eigenvalue weighted by atomic mass is 35.5. The lowest BCUT2D eigenvalue weighted by molar-refractivity contribution is 0.576. The lowest BCUT2D eigenvalue weighted by Gasteiger charge is -1.99. The average Bonchev–Trinajstić information content (AvgIpc) is 2.70. The zero-order valence-corrected chi connectivity index (χ0v) is 8.68. The van der Waals surface area contributed by atoms with Crippen molar-refractivity contribution in [1.82, 2.24) is 4.98 Å². The van der Waals surface area contributed by atoms with Crippen LogP contribution in [0, 0.1) is 5.82 Å². The quantitative estimate of drug-likeness (QED) is 0.855. The molecule has 15 heavy (non-hydrogen) atoms. The summed E-state index contributed by atoms with van der Waals surface area (Å²) in [6, 6.07) is 4.61. The molecular formula is C10H8ClFN2O. The Morgan fingerprint density at radius 1 is 1.47 bits per heavy atom. The third kappa shape index (κ3) is 1.94. The molecule has 0 atom stereocenters. The first-order chi connectivity index (χ1) is 7.20. The maximum Gasteiger partial charge on any atom is 0.294 e. The number of nitrogens with zero attached hydrogens (tertiary/aromatic N) is 1. The van der Waals surface area contributed by atoms with E-state index in [-0.39, 0.29) is 0 Å². The van der Waals surface area contributed by atoms with Crippen LogP contribution in [-0.4, -0.2) is 12.0 Å². The molecule has 0 aliphatic carbocycles. The fraction of sp³-hybridized carbons (Fsp3) is 0.100. The minimum Gasteiger partial charge on any atom is -0.423 e. The van der Waals surface area contributed by atoms with Gasteiger partial charge in [0.15, 0.2) is 5.76 Å². The zero-order valence-electron chi connectivity index (χ0n) is 7.92. The van der Waals surface area contributed by atoms with Crippen LogP contribution >= 0.6 is 11.6 Å². The minimum absolute atomic E-state index is 0.302. The lowest BCUT2D eigenvalue weighted by atomic mass is 10.2. The number of rotatable bonds is 2. The van der Waals surface area contributed by atoms with E-state index in [1.807, 2.05) is 0 Å². The van der Waals surface area contributed by atoms with Gasteiger partial charge in [0.2, 0.25) is 0 Å². The molecule has 2 rings (SSSR count). The van der Waals surface area contributed by atoms with Crippen LogP contribution in [0.3, 0.4) is 0 Å². The van der Waals surface area contributed by atoms with E-state index in [9.17, 15) is 4.39 Å². The summed E-state index contributed by atoms with van der Waals surface area (Å²) in [6.07, 6.45) is 1.45. The van der Waals surface area contributed by atoms with Crippen molar-refractivity contribution in [3.05, 3.63) is 35.2 Å². The summed E-state index contributed by atoms with van der Waals surface area (Å²) in [6.45, 7) is 0. The molecule has 0 spiro atoms. The fourth-order valence-corrected chi connectivity index (χ4v) is 1.37. The van der Waals surface area contributed by atoms with E-state index >= 15 is 0 Å². The van der Waals surface area contributed by atoms with Gasteiger partial charge in [-0.3, -0.25) is 0 Å². The molecule has 1 heterocycles. The Hall–Kier alpha value is -1.55. The third-order valence-electron chi connectivity index (χ3n) is 1.91. The van der Waals surface area contributed by atoms with Crippen LogP contribution in [0.1, 0.15) is 0 Å². The topological polar surface area (TPSA) is 38.1 Å². The van der Waals surface area contributed by atoms with Crippen molar-refractivity contribution in [2.24, 2.45) is 0 Å². The Balaban J connectivity index is 2.48. The van der Waals surface area contributed by atoms with Gasteiger partial charge in [-0.05, 0) is 18.2 Å². The Morgan fingerprint density at radius 2 is 2.27 bits per heavy atom. The van der Waals surface area contributed by atoms with E-state index in [4.69, 9.17) is 16.0 Å². The number of halogens is 2. The maximum absolute atomic E-state index is 13.4. The Kier molecular flexibility index (Phi) is 2.60. The number of hydrogen-bond donors (Lipinski definition) is 1. The SMILES string of the molecule is CNc1ncc(-c2cc(Cl)ccc2F)o1. The molecule has 1 aromatic carbocycles. The average molecular weight is 227 g/mol. The first-order valence-corrected chi connectivity index (χ1v) is 4.67. The summed E-state index contributed by atoms with van der Waals surface area (Å²) in [5.74, 6) is -0.0439. The maximum atomic E-state index is 13.4. The van der Waals surface area contributed by atoms with Gasteiger partial charge < -0.3 is 9.73 Å². The zero-order chi connectivity index (χ0) is 10.8. The summed E-state index contributed by atoms with van der Waals surface area (Å²) in [5.41, 5.74) is 0.302. The number of benzene rings is 1. The van der Waals surface area contributed by atoms with Crippen molar-refractivity contribution in [3.8, 4) is 11.3 Å². The molecule has 2 aromatic rings. The van der Waals surface area contributed by atoms with Crippen LogP contribution in [0.5, 0.6) is 0 Å². The van der Waals surface area contributed by atoms with E-state index in [2.05, 4.69) is 10.3 Å². The summed E-state index contributed by atoms with van der Waals surface area (Å²) in [4.78, 5) is 3.89. The molecule has 5 heteroatoms. The highest BCUT2D eigenvalue weighted by molar-refractivity contribution is 6.30. The second kappa shape index (κ2) is 3.90. The summed E-state index contributed by atoms with van der Waals surface area (Å²) in [7, 11) is 1.67. The molecule has 1 N–H and O–H groups in total. The van der Waals surface area contributed by atoms with Gasteiger partial charge >= 0.3 is 0 Å². The molecule has 0 radical (unpaired) electrons. The van der Waals surface area contributed by atoms with Gasteiger partial charge in [-0.1, -0.05) is 11.6 Å². The molecule has 0 saturated carbocycles. The number of anilines is 1. The third-order valence-corrected chi connectivity index (χ3v) is 2.15. The second-order valence-electron chi connectivity index (χ2n) is 2.90. The molecule has 0 aliphatic rings. The van der Waals surface area contributed by atoms with E-state index in [1.54, 1.807) is 7.05 Å². The standard InChI is InChI=1S/C10H8ClFN2O/c1-13-10-14-5-9(15-10)7-4-6(11)2-3-8(7)12/h2-5H,1H3,(H,13,14). The Morgan fingerprint density at radius 3 is 2.93 bits per heavy atom. The van der Waals surface area contributed by atoms with E-state index in [0.717, 1.165) is 0 Å². The van der Waals surface area contributed by atoms with E-state index < -0.39 is 5.82 Å². The number of hydrogen-bond acceptors (Lipinski definition) is 3. The van der Waals surface area contributed by atoms with Gasteiger partial charge in [-0.25, -0.2) is 9.37 Å². The van der Waals surface area contributed by atoms with Crippen LogP contribution in [0.4, 0.5) is 10.4 Å². The van der Waals surface area contributed by atoms with Crippen LogP contribution in [0.2, 0.25) is 5.02 Å². The first kappa shape index (κ1) is 9.98. The van der Waals surface area contributed by atoms with Gasteiger partial charge in [0.25, 0.3) is 6.01 Å². The van der Waals surface area contributed by atoms with Crippen molar-refractivity contribution in [1.29, 1.82) is 0 Å². The van der Waals surface area contributed by atoms with Crippen LogP contribution in [-0.2, 0) is 0 Å². The highest BCUT2D eigenvalue weighted by Gasteiger charge is 2.10. The van der Waals surface area contributed by atoms with Crippen LogP contribution < -0.4 is 5.32 Å². The lowest BCUT2D eigenvalue weighted by Crippen LogP contribution is -1.85. The van der Waals surface area contributed by atoms with E-state index in [0.29, 0.717) is 22.4 Å². The normalized spacial score (nSPS) is 10.3. The molecule has 78 valence electrons. The largest absolute Gasteiger partial charge is 0.423 e. The van der Waals surface area contributed by atoms with Crippen molar-refractivity contribution >= 4 is 17.6 Å². The number of aromatic nitrogens is 1. The smallest absolute Gasteiger partial charge is 0.294 e. The summed E-state index contributed by atoms with van der Waals surface area (Å²) < 4.78 is 18.6. The fourth-order valence-electron chi connectivity index (χ4n) is 1.20. The van der Waals surface area contributed by atoms with Crippen LogP contribution in [0.15, 0.2) is 28.8 Å². The van der Waals surface area contributed by atoms with Crippen LogP contribution in [0.25, 0.3) is 11.3 Å². The summed E-state index contributed by atoms with van der Waals surface area (Å²) >= 11 is 5.76. The van der Waals surface area contributed by atoms with Crippen molar-refractivity contribution < 1.29 is 8.81 Å². The molecule has 0 saturated heterocycles. The Labute approximate surface area is 90.9 Å². The number of oxazole rings is 1. The Bertz CT molecular complexity index is 484. The van der Waals surface area contributed by atoms with Gasteiger partial charge in [0.1, 0.15) is 5.82 Å². The monoisotopic (exact) mass is 226 g/mol.